The number of nitrogens with one attached hydrogen (secondary N) is 2. The first-order valence-corrected chi connectivity index (χ1v) is 8.39. The first kappa shape index (κ1) is 17.0. The standard InChI is InChI=1S/C17H30N4O/c1-3-13-7-14(8-16(13)21-10-17(19)22)20-9-12-4-5-15(18)11(2)6-12/h4-5,11,13-14,16,20-21H,3,6-10,18H2,1-2H3,(H2,19,22). The van der Waals surface area contributed by atoms with Gasteiger partial charge in [0.1, 0.15) is 0 Å². The van der Waals surface area contributed by atoms with E-state index in [0.717, 1.165) is 37.9 Å². The van der Waals surface area contributed by atoms with E-state index in [2.05, 4.69) is 30.6 Å². The highest BCUT2D eigenvalue weighted by Crippen LogP contribution is 2.29. The van der Waals surface area contributed by atoms with Gasteiger partial charge in [0.05, 0.1) is 6.54 Å². The second kappa shape index (κ2) is 7.79. The Morgan fingerprint density at radius 2 is 2.09 bits per heavy atom. The van der Waals surface area contributed by atoms with Crippen LogP contribution < -0.4 is 22.1 Å². The van der Waals surface area contributed by atoms with Gasteiger partial charge in [-0.2, -0.15) is 0 Å². The smallest absolute Gasteiger partial charge is 0.231 e. The van der Waals surface area contributed by atoms with Crippen LogP contribution in [-0.2, 0) is 4.79 Å². The molecule has 1 amide bonds. The molecule has 4 atom stereocenters. The molecule has 0 saturated heterocycles. The van der Waals surface area contributed by atoms with Gasteiger partial charge in [0, 0.05) is 24.3 Å². The average molecular weight is 306 g/mol. The van der Waals surface area contributed by atoms with E-state index < -0.39 is 0 Å². The number of nitrogens with two attached hydrogens (primary N) is 2. The van der Waals surface area contributed by atoms with Crippen molar-refractivity contribution in [3.05, 3.63) is 23.4 Å². The molecule has 22 heavy (non-hydrogen) atoms. The number of hydrogen-bond donors (Lipinski definition) is 4. The predicted molar refractivity (Wildman–Crippen MR) is 89.9 cm³/mol. The molecule has 0 aromatic carbocycles. The number of hydrogen-bond acceptors (Lipinski definition) is 4. The van der Waals surface area contributed by atoms with Gasteiger partial charge >= 0.3 is 0 Å². The second-order valence-corrected chi connectivity index (χ2v) is 6.77. The van der Waals surface area contributed by atoms with Crippen molar-refractivity contribution in [3.63, 3.8) is 0 Å². The number of carbonyl (C=O) groups is 1. The zero-order valence-corrected chi connectivity index (χ0v) is 13.8. The van der Waals surface area contributed by atoms with E-state index in [-0.39, 0.29) is 12.5 Å². The molecule has 6 N–H and O–H groups in total. The van der Waals surface area contributed by atoms with Gasteiger partial charge < -0.3 is 22.1 Å². The molecule has 2 aliphatic carbocycles. The maximum Gasteiger partial charge on any atom is 0.231 e. The normalized spacial score (nSPS) is 31.7. The summed E-state index contributed by atoms with van der Waals surface area (Å²) in [6, 6.07) is 0.902. The third-order valence-corrected chi connectivity index (χ3v) is 5.02. The van der Waals surface area contributed by atoms with Crippen LogP contribution in [0, 0.1) is 11.8 Å². The Balaban J connectivity index is 1.80. The highest BCUT2D eigenvalue weighted by atomic mass is 16.1. The Labute approximate surface area is 133 Å². The monoisotopic (exact) mass is 306 g/mol. The van der Waals surface area contributed by atoms with Crippen LogP contribution in [0.3, 0.4) is 0 Å². The Kier molecular flexibility index (Phi) is 6.03. The minimum absolute atomic E-state index is 0.278. The lowest BCUT2D eigenvalue weighted by molar-refractivity contribution is -0.117. The minimum atomic E-state index is -0.281. The highest BCUT2D eigenvalue weighted by Gasteiger charge is 2.32. The van der Waals surface area contributed by atoms with E-state index in [4.69, 9.17) is 11.5 Å². The molecule has 124 valence electrons. The Morgan fingerprint density at radius 1 is 1.32 bits per heavy atom. The molecule has 0 aromatic heterocycles. The van der Waals surface area contributed by atoms with Crippen molar-refractivity contribution >= 4 is 5.91 Å². The van der Waals surface area contributed by atoms with Crippen molar-refractivity contribution in [3.8, 4) is 0 Å². The van der Waals surface area contributed by atoms with E-state index in [9.17, 15) is 4.79 Å². The van der Waals surface area contributed by atoms with Gasteiger partial charge in [0.2, 0.25) is 5.91 Å². The summed E-state index contributed by atoms with van der Waals surface area (Å²) in [4.78, 5) is 10.9. The van der Waals surface area contributed by atoms with Crippen molar-refractivity contribution < 1.29 is 4.79 Å². The summed E-state index contributed by atoms with van der Waals surface area (Å²) in [5, 5.41) is 6.98. The van der Waals surface area contributed by atoms with Crippen LogP contribution in [0.25, 0.3) is 0 Å². The first-order valence-electron chi connectivity index (χ1n) is 8.39. The van der Waals surface area contributed by atoms with Crippen LogP contribution in [-0.4, -0.2) is 31.1 Å². The number of rotatable bonds is 7. The van der Waals surface area contributed by atoms with Crippen LogP contribution >= 0.6 is 0 Å². The summed E-state index contributed by atoms with van der Waals surface area (Å²) in [6.45, 7) is 5.59. The van der Waals surface area contributed by atoms with Crippen molar-refractivity contribution in [1.82, 2.24) is 10.6 Å². The molecule has 0 heterocycles. The summed E-state index contributed by atoms with van der Waals surface area (Å²) >= 11 is 0. The molecule has 0 spiro atoms. The number of primary amides is 1. The third kappa shape index (κ3) is 4.58. The molecule has 4 unspecified atom stereocenters. The number of carbonyl (C=O) groups excluding carboxylic acids is 1. The fourth-order valence-electron chi connectivity index (χ4n) is 3.59. The molecule has 1 fully saturated rings. The van der Waals surface area contributed by atoms with Crippen LogP contribution in [0.5, 0.6) is 0 Å². The SMILES string of the molecule is CCC1CC(NCC2=CC=C(N)C(C)C2)CC1NCC(N)=O. The Hall–Kier alpha value is -1.33. The largest absolute Gasteiger partial charge is 0.402 e. The van der Waals surface area contributed by atoms with Crippen molar-refractivity contribution in [2.75, 3.05) is 13.1 Å². The Bertz CT molecular complexity index is 458. The lowest BCUT2D eigenvalue weighted by Crippen LogP contribution is -2.39. The van der Waals surface area contributed by atoms with Crippen molar-refractivity contribution in [2.45, 2.75) is 51.6 Å². The summed E-state index contributed by atoms with van der Waals surface area (Å²) in [6.07, 6.45) is 8.58. The van der Waals surface area contributed by atoms with Gasteiger partial charge in [-0.3, -0.25) is 4.79 Å². The summed E-state index contributed by atoms with van der Waals surface area (Å²) in [7, 11) is 0. The zero-order valence-electron chi connectivity index (χ0n) is 13.8. The maximum atomic E-state index is 10.9. The molecule has 0 bridgehead atoms. The van der Waals surface area contributed by atoms with E-state index in [0.29, 0.717) is 23.9 Å². The van der Waals surface area contributed by atoms with Crippen molar-refractivity contribution in [2.24, 2.45) is 23.3 Å². The van der Waals surface area contributed by atoms with Crippen molar-refractivity contribution in [1.29, 1.82) is 0 Å². The molecule has 1 saturated carbocycles. The molecule has 0 aromatic rings. The molecule has 2 rings (SSSR count). The van der Waals surface area contributed by atoms with Crippen LogP contribution in [0.1, 0.15) is 39.5 Å². The van der Waals surface area contributed by atoms with E-state index >= 15 is 0 Å². The fourth-order valence-corrected chi connectivity index (χ4v) is 3.59. The maximum absolute atomic E-state index is 10.9. The van der Waals surface area contributed by atoms with E-state index in [1.807, 2.05) is 6.08 Å². The van der Waals surface area contributed by atoms with Gasteiger partial charge in [0.25, 0.3) is 0 Å². The molecule has 5 heteroatoms. The fraction of sp³-hybridized carbons (Fsp3) is 0.706. The molecule has 5 nitrogen and oxygen atoms in total. The van der Waals surface area contributed by atoms with Gasteiger partial charge in [-0.1, -0.05) is 31.9 Å². The summed E-state index contributed by atoms with van der Waals surface area (Å²) in [5.74, 6) is 0.780. The van der Waals surface area contributed by atoms with Crippen LogP contribution in [0.2, 0.25) is 0 Å². The molecule has 2 aliphatic rings. The number of amides is 1. The molecular weight excluding hydrogens is 276 g/mol. The molecular formula is C17H30N4O. The topological polar surface area (TPSA) is 93.2 Å². The number of allylic oxidation sites excluding steroid dienone is 3. The second-order valence-electron chi connectivity index (χ2n) is 6.77. The average Bonchev–Trinajstić information content (AvgIpc) is 2.88. The van der Waals surface area contributed by atoms with Crippen LogP contribution in [0.4, 0.5) is 0 Å². The summed E-state index contributed by atoms with van der Waals surface area (Å²) in [5.41, 5.74) is 13.6. The minimum Gasteiger partial charge on any atom is -0.402 e. The lowest BCUT2D eigenvalue weighted by Gasteiger charge is -2.21. The van der Waals surface area contributed by atoms with E-state index in [1.54, 1.807) is 0 Å². The van der Waals surface area contributed by atoms with Gasteiger partial charge in [-0.15, -0.1) is 0 Å². The lowest BCUT2D eigenvalue weighted by atomic mass is 9.93. The predicted octanol–water partition coefficient (Wildman–Crippen LogP) is 1.02. The van der Waals surface area contributed by atoms with Gasteiger partial charge in [-0.05, 0) is 37.2 Å². The highest BCUT2D eigenvalue weighted by molar-refractivity contribution is 5.75. The molecule has 0 aliphatic heterocycles. The Morgan fingerprint density at radius 3 is 2.73 bits per heavy atom. The van der Waals surface area contributed by atoms with E-state index in [1.165, 1.54) is 5.57 Å². The summed E-state index contributed by atoms with van der Waals surface area (Å²) < 4.78 is 0. The quantitative estimate of drug-likeness (QED) is 0.565. The van der Waals surface area contributed by atoms with Gasteiger partial charge in [0.15, 0.2) is 0 Å². The van der Waals surface area contributed by atoms with Crippen LogP contribution in [0.15, 0.2) is 23.4 Å². The zero-order chi connectivity index (χ0) is 16.1. The first-order chi connectivity index (χ1) is 10.5. The molecule has 0 radical (unpaired) electrons. The van der Waals surface area contributed by atoms with Gasteiger partial charge in [-0.25, -0.2) is 0 Å². The third-order valence-electron chi connectivity index (χ3n) is 5.02.